The number of anilines is 1. The minimum Gasteiger partial charge on any atom is -0.482 e. The maximum Gasteiger partial charge on any atom is 0.265 e. The van der Waals surface area contributed by atoms with Crippen LogP contribution in [-0.4, -0.2) is 57.8 Å². The van der Waals surface area contributed by atoms with E-state index in [4.69, 9.17) is 9.47 Å². The molecule has 0 atom stereocenters. The lowest BCUT2D eigenvalue weighted by molar-refractivity contribution is -0.908. The second-order valence-electron chi connectivity index (χ2n) is 8.16. The maximum absolute atomic E-state index is 12.4. The molecule has 2 heterocycles. The number of nitrogens with zero attached hydrogens (tertiary/aromatic N) is 1. The number of morpholine rings is 1. The van der Waals surface area contributed by atoms with Crippen molar-refractivity contribution < 1.29 is 24.0 Å². The molecule has 7 nitrogen and oxygen atoms in total. The Kier molecular flexibility index (Phi) is 6.84. The van der Waals surface area contributed by atoms with Crippen LogP contribution in [0.25, 0.3) is 0 Å². The quantitative estimate of drug-likeness (QED) is 0.650. The number of carbonyl (C=O) groups is 2. The molecule has 1 saturated heterocycles. The first kappa shape index (κ1) is 21.3. The smallest absolute Gasteiger partial charge is 0.265 e. The summed E-state index contributed by atoms with van der Waals surface area (Å²) in [5.74, 6) is 0.599. The van der Waals surface area contributed by atoms with E-state index in [0.717, 1.165) is 61.8 Å². The topological polar surface area (TPSA) is 72.3 Å². The van der Waals surface area contributed by atoms with Gasteiger partial charge in [-0.3, -0.25) is 9.59 Å². The fraction of sp³-hybridized carbons (Fsp3) is 0.417. The van der Waals surface area contributed by atoms with Gasteiger partial charge in [0.1, 0.15) is 18.8 Å². The number of ether oxygens (including phenoxy) is 2. The molecule has 2 amide bonds. The van der Waals surface area contributed by atoms with E-state index in [-0.39, 0.29) is 18.4 Å². The Bertz CT molecular complexity index is 923. The number of hydrogen-bond donors (Lipinski definition) is 2. The highest BCUT2D eigenvalue weighted by Gasteiger charge is 2.25. The van der Waals surface area contributed by atoms with Crippen molar-refractivity contribution in [2.24, 2.45) is 0 Å². The van der Waals surface area contributed by atoms with Crippen LogP contribution in [0.5, 0.6) is 5.75 Å². The zero-order chi connectivity index (χ0) is 21.6. The molecule has 2 N–H and O–H groups in total. The van der Waals surface area contributed by atoms with Gasteiger partial charge in [-0.2, -0.15) is 0 Å². The highest BCUT2D eigenvalue weighted by Crippen LogP contribution is 2.33. The van der Waals surface area contributed by atoms with Crippen molar-refractivity contribution in [3.63, 3.8) is 0 Å². The third kappa shape index (κ3) is 5.42. The number of rotatable bonds is 7. The van der Waals surface area contributed by atoms with Crippen molar-refractivity contribution in [1.29, 1.82) is 0 Å². The van der Waals surface area contributed by atoms with Crippen molar-refractivity contribution >= 4 is 17.5 Å². The molecular weight excluding hydrogens is 394 g/mol. The summed E-state index contributed by atoms with van der Waals surface area (Å²) >= 11 is 0. The zero-order valence-corrected chi connectivity index (χ0v) is 18.0. The second-order valence-corrected chi connectivity index (χ2v) is 8.16. The number of benzene rings is 2. The van der Waals surface area contributed by atoms with Gasteiger partial charge in [-0.05, 0) is 42.3 Å². The van der Waals surface area contributed by atoms with Crippen LogP contribution in [-0.2, 0) is 16.1 Å². The normalized spacial score (nSPS) is 16.5. The molecule has 2 aromatic rings. The third-order valence-corrected chi connectivity index (χ3v) is 5.81. The van der Waals surface area contributed by atoms with Gasteiger partial charge in [0.2, 0.25) is 0 Å². The van der Waals surface area contributed by atoms with E-state index >= 15 is 0 Å². The number of quaternary nitrogens is 1. The first-order chi connectivity index (χ1) is 15.1. The van der Waals surface area contributed by atoms with Gasteiger partial charge in [0.05, 0.1) is 32.0 Å². The zero-order valence-electron chi connectivity index (χ0n) is 18.0. The van der Waals surface area contributed by atoms with E-state index < -0.39 is 0 Å². The first-order valence-electron chi connectivity index (χ1n) is 10.9. The fourth-order valence-corrected chi connectivity index (χ4v) is 3.98. The third-order valence-electron chi connectivity index (χ3n) is 5.81. The van der Waals surface area contributed by atoms with Crippen LogP contribution in [0, 0.1) is 6.92 Å². The highest BCUT2D eigenvalue weighted by atomic mass is 16.5. The van der Waals surface area contributed by atoms with Gasteiger partial charge < -0.3 is 24.6 Å². The summed E-state index contributed by atoms with van der Waals surface area (Å²) in [6, 6.07) is 13.3. The lowest BCUT2D eigenvalue weighted by atomic mass is 10.1. The number of carbonyl (C=O) groups excluding carboxylic acids is 2. The van der Waals surface area contributed by atoms with Crippen molar-refractivity contribution in [2.75, 3.05) is 50.9 Å². The lowest BCUT2D eigenvalue weighted by Crippen LogP contribution is -3.14. The summed E-state index contributed by atoms with van der Waals surface area (Å²) < 4.78 is 10.9. The van der Waals surface area contributed by atoms with Gasteiger partial charge in [0, 0.05) is 18.5 Å². The predicted octanol–water partition coefficient (Wildman–Crippen LogP) is 0.956. The molecule has 0 radical (unpaired) electrons. The summed E-state index contributed by atoms with van der Waals surface area (Å²) in [7, 11) is 0. The second kappa shape index (κ2) is 9.94. The van der Waals surface area contributed by atoms with Crippen LogP contribution < -0.4 is 19.9 Å². The number of hydrogen-bond acceptors (Lipinski definition) is 4. The first-order valence-corrected chi connectivity index (χ1v) is 10.9. The molecular formula is C24H30N3O4+. The molecule has 0 aliphatic carbocycles. The van der Waals surface area contributed by atoms with E-state index in [1.54, 1.807) is 9.80 Å². The van der Waals surface area contributed by atoms with Crippen molar-refractivity contribution in [3.8, 4) is 5.75 Å². The summed E-state index contributed by atoms with van der Waals surface area (Å²) in [6.07, 6.45) is 0.956. The van der Waals surface area contributed by atoms with Crippen LogP contribution in [0.2, 0.25) is 0 Å². The van der Waals surface area contributed by atoms with E-state index in [0.29, 0.717) is 18.7 Å². The molecule has 0 saturated carbocycles. The average Bonchev–Trinajstić information content (AvgIpc) is 2.79. The number of aryl methyl sites for hydroxylation is 1. The Balaban J connectivity index is 1.30. The SMILES string of the molecule is Cc1ccc2c(c1)OCC(=O)N2Cc1ccc(C(=O)NCCC[NH+]2CCOCC2)cc1. The Labute approximate surface area is 182 Å². The minimum absolute atomic E-state index is 0.0448. The summed E-state index contributed by atoms with van der Waals surface area (Å²) in [6.45, 7) is 7.96. The molecule has 4 rings (SSSR count). The molecule has 2 aliphatic heterocycles. The Morgan fingerprint density at radius 2 is 1.90 bits per heavy atom. The van der Waals surface area contributed by atoms with E-state index in [1.165, 1.54) is 0 Å². The van der Waals surface area contributed by atoms with Gasteiger partial charge in [-0.1, -0.05) is 18.2 Å². The Morgan fingerprint density at radius 3 is 2.68 bits per heavy atom. The van der Waals surface area contributed by atoms with E-state index in [2.05, 4.69) is 5.32 Å². The van der Waals surface area contributed by atoms with E-state index in [1.807, 2.05) is 49.4 Å². The number of fused-ring (bicyclic) bond motifs is 1. The molecule has 0 spiro atoms. The van der Waals surface area contributed by atoms with Gasteiger partial charge in [-0.25, -0.2) is 0 Å². The molecule has 2 aromatic carbocycles. The summed E-state index contributed by atoms with van der Waals surface area (Å²) in [4.78, 5) is 28.1. The molecule has 31 heavy (non-hydrogen) atoms. The van der Waals surface area contributed by atoms with Gasteiger partial charge in [-0.15, -0.1) is 0 Å². The standard InChI is InChI=1S/C24H29N3O4/c1-18-3-8-21-22(15-18)31-17-23(28)27(21)16-19-4-6-20(7-5-19)24(29)25-9-2-10-26-11-13-30-14-12-26/h3-8,15H,2,9-14,16-17H2,1H3,(H,25,29)/p+1. The lowest BCUT2D eigenvalue weighted by Gasteiger charge is -2.29. The number of amides is 2. The summed E-state index contributed by atoms with van der Waals surface area (Å²) in [5.41, 5.74) is 3.47. The van der Waals surface area contributed by atoms with Crippen molar-refractivity contribution in [2.45, 2.75) is 19.9 Å². The summed E-state index contributed by atoms with van der Waals surface area (Å²) in [5, 5.41) is 3.00. The average molecular weight is 425 g/mol. The Morgan fingerprint density at radius 1 is 1.13 bits per heavy atom. The van der Waals surface area contributed by atoms with Gasteiger partial charge >= 0.3 is 0 Å². The van der Waals surface area contributed by atoms with Crippen molar-refractivity contribution in [3.05, 3.63) is 59.2 Å². The monoisotopic (exact) mass is 424 g/mol. The predicted molar refractivity (Wildman–Crippen MR) is 118 cm³/mol. The van der Waals surface area contributed by atoms with Crippen LogP contribution in [0.15, 0.2) is 42.5 Å². The van der Waals surface area contributed by atoms with E-state index in [9.17, 15) is 9.59 Å². The maximum atomic E-state index is 12.4. The van der Waals surface area contributed by atoms with Gasteiger partial charge in [0.15, 0.2) is 6.61 Å². The highest BCUT2D eigenvalue weighted by molar-refractivity contribution is 5.98. The fourth-order valence-electron chi connectivity index (χ4n) is 3.98. The molecule has 7 heteroatoms. The molecule has 0 aromatic heterocycles. The molecule has 0 bridgehead atoms. The Hall–Kier alpha value is -2.90. The van der Waals surface area contributed by atoms with Crippen LogP contribution in [0.4, 0.5) is 5.69 Å². The largest absolute Gasteiger partial charge is 0.482 e. The molecule has 0 unspecified atom stereocenters. The number of nitrogens with one attached hydrogen (secondary N) is 2. The van der Waals surface area contributed by atoms with Crippen LogP contribution >= 0.6 is 0 Å². The molecule has 1 fully saturated rings. The molecule has 2 aliphatic rings. The van der Waals surface area contributed by atoms with Crippen LogP contribution in [0.3, 0.4) is 0 Å². The van der Waals surface area contributed by atoms with Crippen molar-refractivity contribution in [1.82, 2.24) is 5.32 Å². The minimum atomic E-state index is -0.0689. The molecule has 164 valence electrons. The van der Waals surface area contributed by atoms with Crippen LogP contribution in [0.1, 0.15) is 27.9 Å². The van der Waals surface area contributed by atoms with Gasteiger partial charge in [0.25, 0.3) is 11.8 Å².